The number of nitrogens with one attached hydrogen (secondary N) is 1. The first-order chi connectivity index (χ1) is 7.00. The van der Waals surface area contributed by atoms with E-state index in [9.17, 15) is 13.6 Å². The highest BCUT2D eigenvalue weighted by molar-refractivity contribution is 7.13. The van der Waals surface area contributed by atoms with Gasteiger partial charge in [0.05, 0.1) is 4.88 Å². The number of aliphatic hydroxyl groups excluding tert-OH is 1. The Hall–Kier alpha value is -1.01. The highest BCUT2D eigenvalue weighted by Crippen LogP contribution is 2.14. The Morgan fingerprint density at radius 3 is 2.73 bits per heavy atom. The largest absolute Gasteiger partial charge is 0.385 e. The lowest BCUT2D eigenvalue weighted by atomic mass is 10.3. The van der Waals surface area contributed by atoms with Crippen LogP contribution in [0.4, 0.5) is 8.78 Å². The van der Waals surface area contributed by atoms with Crippen LogP contribution in [0, 0.1) is 6.92 Å². The number of amides is 1. The van der Waals surface area contributed by atoms with E-state index >= 15 is 0 Å². The second kappa shape index (κ2) is 5.18. The average molecular weight is 235 g/mol. The molecule has 1 unspecified atom stereocenters. The van der Waals surface area contributed by atoms with E-state index in [0.717, 1.165) is 4.88 Å². The minimum absolute atomic E-state index is 0.437. The second-order valence-electron chi connectivity index (χ2n) is 3.02. The van der Waals surface area contributed by atoms with Crippen LogP contribution in [0.25, 0.3) is 0 Å². The summed E-state index contributed by atoms with van der Waals surface area (Å²) in [5.74, 6) is -0.437. The molecule has 0 aliphatic heterocycles. The normalized spacial score (nSPS) is 12.9. The molecular formula is C9H11F2NO2S. The van der Waals surface area contributed by atoms with Gasteiger partial charge in [-0.2, -0.15) is 0 Å². The van der Waals surface area contributed by atoms with Crippen molar-refractivity contribution >= 4 is 17.2 Å². The smallest absolute Gasteiger partial charge is 0.265 e. The van der Waals surface area contributed by atoms with Crippen molar-refractivity contribution in [1.29, 1.82) is 0 Å². The fraction of sp³-hybridized carbons (Fsp3) is 0.444. The number of alkyl halides is 2. The van der Waals surface area contributed by atoms with Crippen LogP contribution in [-0.4, -0.2) is 30.1 Å². The third-order valence-electron chi connectivity index (χ3n) is 1.73. The quantitative estimate of drug-likeness (QED) is 0.829. The van der Waals surface area contributed by atoms with E-state index in [1.54, 1.807) is 12.1 Å². The number of carbonyl (C=O) groups is 1. The van der Waals surface area contributed by atoms with Gasteiger partial charge in [-0.3, -0.25) is 4.79 Å². The van der Waals surface area contributed by atoms with Crippen LogP contribution in [0.1, 0.15) is 14.5 Å². The molecule has 0 saturated carbocycles. The molecular weight excluding hydrogens is 224 g/mol. The summed E-state index contributed by atoms with van der Waals surface area (Å²) in [5, 5.41) is 11.0. The van der Waals surface area contributed by atoms with Crippen molar-refractivity contribution in [2.45, 2.75) is 19.5 Å². The Balaban J connectivity index is 2.43. The molecule has 1 atom stereocenters. The van der Waals surface area contributed by atoms with Gasteiger partial charge in [0.25, 0.3) is 12.3 Å². The third-order valence-corrected chi connectivity index (χ3v) is 2.73. The van der Waals surface area contributed by atoms with Crippen molar-refractivity contribution in [2.75, 3.05) is 6.54 Å². The highest BCUT2D eigenvalue weighted by atomic mass is 32.1. The van der Waals surface area contributed by atoms with Gasteiger partial charge < -0.3 is 10.4 Å². The molecule has 0 aromatic carbocycles. The maximum absolute atomic E-state index is 11.9. The monoisotopic (exact) mass is 235 g/mol. The zero-order valence-electron chi connectivity index (χ0n) is 8.04. The lowest BCUT2D eigenvalue weighted by Gasteiger charge is -2.09. The topological polar surface area (TPSA) is 49.3 Å². The Labute approximate surface area is 89.7 Å². The molecule has 0 bridgehead atoms. The minimum Gasteiger partial charge on any atom is -0.385 e. The van der Waals surface area contributed by atoms with E-state index in [2.05, 4.69) is 5.32 Å². The van der Waals surface area contributed by atoms with Crippen LogP contribution in [0.2, 0.25) is 0 Å². The molecule has 2 N–H and O–H groups in total. The third kappa shape index (κ3) is 3.56. The van der Waals surface area contributed by atoms with Crippen molar-refractivity contribution in [1.82, 2.24) is 5.32 Å². The summed E-state index contributed by atoms with van der Waals surface area (Å²) in [4.78, 5) is 12.7. The molecule has 0 saturated heterocycles. The minimum atomic E-state index is -2.84. The Bertz CT molecular complexity index is 341. The molecule has 15 heavy (non-hydrogen) atoms. The number of rotatable bonds is 4. The number of thiophene rings is 1. The summed E-state index contributed by atoms with van der Waals surface area (Å²) in [5.41, 5.74) is 0. The second-order valence-corrected chi connectivity index (χ2v) is 4.31. The van der Waals surface area contributed by atoms with E-state index in [1.165, 1.54) is 11.3 Å². The Kier molecular flexibility index (Phi) is 4.16. The van der Waals surface area contributed by atoms with Gasteiger partial charge in [0.15, 0.2) is 0 Å². The van der Waals surface area contributed by atoms with Crippen LogP contribution >= 0.6 is 11.3 Å². The molecule has 84 valence electrons. The van der Waals surface area contributed by atoms with E-state index in [0.29, 0.717) is 4.88 Å². The van der Waals surface area contributed by atoms with Gasteiger partial charge in [0, 0.05) is 11.4 Å². The molecule has 1 aromatic rings. The van der Waals surface area contributed by atoms with Gasteiger partial charge in [-0.25, -0.2) is 8.78 Å². The van der Waals surface area contributed by atoms with Gasteiger partial charge in [-0.05, 0) is 19.1 Å². The Morgan fingerprint density at radius 2 is 2.27 bits per heavy atom. The maximum atomic E-state index is 11.9. The first-order valence-electron chi connectivity index (χ1n) is 4.31. The maximum Gasteiger partial charge on any atom is 0.265 e. The summed E-state index contributed by atoms with van der Waals surface area (Å²) in [7, 11) is 0. The molecule has 0 aliphatic rings. The number of aliphatic hydroxyl groups is 1. The molecule has 1 aromatic heterocycles. The van der Waals surface area contributed by atoms with Crippen molar-refractivity contribution in [3.63, 3.8) is 0 Å². The molecule has 1 amide bonds. The predicted octanol–water partition coefficient (Wildman–Crippen LogP) is 1.41. The standard InChI is InChI=1S/C9H11F2NO2S/c1-5-2-3-7(15-5)9(14)12-4-6(13)8(10)11/h2-3,6,8,13H,4H2,1H3,(H,12,14). The van der Waals surface area contributed by atoms with E-state index in [4.69, 9.17) is 5.11 Å². The van der Waals surface area contributed by atoms with Crippen LogP contribution in [0.15, 0.2) is 12.1 Å². The average Bonchev–Trinajstić information content (AvgIpc) is 2.60. The van der Waals surface area contributed by atoms with Gasteiger partial charge in [-0.1, -0.05) is 0 Å². The fourth-order valence-electron chi connectivity index (χ4n) is 0.930. The molecule has 0 aliphatic carbocycles. The van der Waals surface area contributed by atoms with E-state index in [1.807, 2.05) is 6.92 Å². The van der Waals surface area contributed by atoms with Gasteiger partial charge in [-0.15, -0.1) is 11.3 Å². The summed E-state index contributed by atoms with van der Waals surface area (Å²) >= 11 is 1.27. The van der Waals surface area contributed by atoms with Crippen LogP contribution < -0.4 is 5.32 Å². The van der Waals surface area contributed by atoms with Gasteiger partial charge in [0.1, 0.15) is 6.10 Å². The van der Waals surface area contributed by atoms with Crippen LogP contribution in [-0.2, 0) is 0 Å². The number of carbonyl (C=O) groups excluding carboxylic acids is 1. The van der Waals surface area contributed by atoms with Gasteiger partial charge >= 0.3 is 0 Å². The zero-order chi connectivity index (χ0) is 11.4. The lowest BCUT2D eigenvalue weighted by Crippen LogP contribution is -2.35. The molecule has 0 fully saturated rings. The number of aryl methyl sites for hydroxylation is 1. The van der Waals surface area contributed by atoms with Crippen LogP contribution in [0.3, 0.4) is 0 Å². The zero-order valence-corrected chi connectivity index (χ0v) is 8.85. The summed E-state index contributed by atoms with van der Waals surface area (Å²) in [6.07, 6.45) is -4.65. The Morgan fingerprint density at radius 1 is 1.60 bits per heavy atom. The van der Waals surface area contributed by atoms with Gasteiger partial charge in [0.2, 0.25) is 0 Å². The summed E-state index contributed by atoms with van der Waals surface area (Å²) < 4.78 is 23.8. The summed E-state index contributed by atoms with van der Waals surface area (Å²) in [6.45, 7) is 1.41. The van der Waals surface area contributed by atoms with Crippen molar-refractivity contribution in [2.24, 2.45) is 0 Å². The predicted molar refractivity (Wildman–Crippen MR) is 53.4 cm³/mol. The number of hydrogen-bond donors (Lipinski definition) is 2. The number of hydrogen-bond acceptors (Lipinski definition) is 3. The first kappa shape index (κ1) is 12.1. The van der Waals surface area contributed by atoms with E-state index in [-0.39, 0.29) is 0 Å². The molecule has 1 rings (SSSR count). The molecule has 0 radical (unpaired) electrons. The van der Waals surface area contributed by atoms with Crippen molar-refractivity contribution in [3.8, 4) is 0 Å². The summed E-state index contributed by atoms with van der Waals surface area (Å²) in [6, 6.07) is 3.38. The molecule has 3 nitrogen and oxygen atoms in total. The lowest BCUT2D eigenvalue weighted by molar-refractivity contribution is -0.00268. The number of halogens is 2. The fourth-order valence-corrected chi connectivity index (χ4v) is 1.71. The van der Waals surface area contributed by atoms with Crippen molar-refractivity contribution in [3.05, 3.63) is 21.9 Å². The molecule has 1 heterocycles. The molecule has 0 spiro atoms. The van der Waals surface area contributed by atoms with E-state index < -0.39 is 25.0 Å². The SMILES string of the molecule is Cc1ccc(C(=O)NCC(O)C(F)F)s1. The van der Waals surface area contributed by atoms with Crippen LogP contribution in [0.5, 0.6) is 0 Å². The molecule has 6 heteroatoms. The van der Waals surface area contributed by atoms with Crippen molar-refractivity contribution < 1.29 is 18.7 Å². The highest BCUT2D eigenvalue weighted by Gasteiger charge is 2.18. The first-order valence-corrected chi connectivity index (χ1v) is 5.13.